The van der Waals surface area contributed by atoms with Gasteiger partial charge in [-0.2, -0.15) is 0 Å². The normalized spacial score (nSPS) is 19.4. The zero-order valence-corrected chi connectivity index (χ0v) is 11.3. The van der Waals surface area contributed by atoms with E-state index in [0.29, 0.717) is 36.7 Å². The van der Waals surface area contributed by atoms with Crippen molar-refractivity contribution in [3.8, 4) is 11.5 Å². The quantitative estimate of drug-likeness (QED) is 0.868. The van der Waals surface area contributed by atoms with E-state index < -0.39 is 5.60 Å². The van der Waals surface area contributed by atoms with Crippen molar-refractivity contribution in [1.29, 1.82) is 0 Å². The van der Waals surface area contributed by atoms with Crippen molar-refractivity contribution in [2.45, 2.75) is 24.9 Å². The van der Waals surface area contributed by atoms with Gasteiger partial charge in [-0.15, -0.1) is 0 Å². The van der Waals surface area contributed by atoms with Crippen molar-refractivity contribution < 1.29 is 19.4 Å². The molecule has 0 amide bonds. The maximum absolute atomic E-state index is 11.0. The van der Waals surface area contributed by atoms with Crippen molar-refractivity contribution in [3.63, 3.8) is 0 Å². The molecule has 96 valence electrons. The summed E-state index contributed by atoms with van der Waals surface area (Å²) in [5, 5.41) is 10.0. The molecular formula is C13H13BrO4. The Labute approximate surface area is 113 Å². The summed E-state index contributed by atoms with van der Waals surface area (Å²) in [5.74, 6) is 1.09. The fourth-order valence-electron chi connectivity index (χ4n) is 2.16. The van der Waals surface area contributed by atoms with Crippen molar-refractivity contribution in [1.82, 2.24) is 0 Å². The number of ether oxygens (including phenoxy) is 2. The highest BCUT2D eigenvalue weighted by molar-refractivity contribution is 9.10. The van der Waals surface area contributed by atoms with Crippen LogP contribution in [0.15, 0.2) is 10.5 Å². The van der Waals surface area contributed by atoms with Crippen LogP contribution in [0.4, 0.5) is 0 Å². The summed E-state index contributed by atoms with van der Waals surface area (Å²) >= 11 is 3.44. The van der Waals surface area contributed by atoms with Gasteiger partial charge < -0.3 is 14.6 Å². The molecule has 1 aliphatic heterocycles. The van der Waals surface area contributed by atoms with Gasteiger partial charge in [-0.3, -0.25) is 4.79 Å². The molecule has 0 spiro atoms. The van der Waals surface area contributed by atoms with Crippen LogP contribution in [0.1, 0.15) is 28.8 Å². The molecule has 1 N–H and O–H groups in total. The Bertz CT molecular complexity index is 508. The molecule has 3 rings (SSSR count). The lowest BCUT2D eigenvalue weighted by Gasteiger charge is -2.24. The lowest BCUT2D eigenvalue weighted by Crippen LogP contribution is -2.20. The van der Waals surface area contributed by atoms with Crippen LogP contribution in [-0.4, -0.2) is 30.2 Å². The molecule has 1 aromatic carbocycles. The molecule has 0 saturated heterocycles. The summed E-state index contributed by atoms with van der Waals surface area (Å²) in [6.07, 6.45) is 2.90. The van der Waals surface area contributed by atoms with E-state index in [1.807, 2.05) is 0 Å². The Kier molecular flexibility index (Phi) is 2.83. The predicted octanol–water partition coefficient (Wildman–Crippen LogP) is 2.10. The van der Waals surface area contributed by atoms with Gasteiger partial charge >= 0.3 is 0 Å². The molecule has 0 bridgehead atoms. The second kappa shape index (κ2) is 4.24. The fourth-order valence-corrected chi connectivity index (χ4v) is 2.72. The summed E-state index contributed by atoms with van der Waals surface area (Å²) in [5.41, 5.74) is 0.748. The zero-order valence-electron chi connectivity index (χ0n) is 9.74. The lowest BCUT2D eigenvalue weighted by molar-refractivity contribution is 0.111. The third-order valence-corrected chi connectivity index (χ3v) is 4.06. The molecule has 1 fully saturated rings. The Hall–Kier alpha value is -1.07. The van der Waals surface area contributed by atoms with Crippen molar-refractivity contribution in [3.05, 3.63) is 21.7 Å². The molecular weight excluding hydrogens is 300 g/mol. The van der Waals surface area contributed by atoms with E-state index in [1.54, 1.807) is 6.07 Å². The number of carbonyl (C=O) groups is 1. The van der Waals surface area contributed by atoms with Gasteiger partial charge in [0.1, 0.15) is 13.2 Å². The number of hydrogen-bond acceptors (Lipinski definition) is 4. The summed E-state index contributed by atoms with van der Waals surface area (Å²) in [6.45, 7) is 0.909. The van der Waals surface area contributed by atoms with E-state index >= 15 is 0 Å². The maximum atomic E-state index is 11.0. The highest BCUT2D eigenvalue weighted by Gasteiger charge is 2.42. The number of aldehydes is 1. The number of halogens is 1. The van der Waals surface area contributed by atoms with E-state index in [0.717, 1.165) is 29.2 Å². The number of hydrogen-bond donors (Lipinski definition) is 1. The SMILES string of the molecule is O=Cc1cc(Br)c(CC2(O)CC2)c2c1OCCO2. The van der Waals surface area contributed by atoms with Gasteiger partial charge in [0.05, 0.1) is 11.2 Å². The van der Waals surface area contributed by atoms with E-state index in [9.17, 15) is 9.90 Å². The van der Waals surface area contributed by atoms with Crippen LogP contribution in [0, 0.1) is 0 Å². The van der Waals surface area contributed by atoms with Crippen molar-refractivity contribution in [2.24, 2.45) is 0 Å². The topological polar surface area (TPSA) is 55.8 Å². The minimum atomic E-state index is -0.611. The molecule has 1 heterocycles. The molecule has 1 aromatic rings. The van der Waals surface area contributed by atoms with Crippen LogP contribution in [0.3, 0.4) is 0 Å². The smallest absolute Gasteiger partial charge is 0.172 e. The molecule has 4 nitrogen and oxygen atoms in total. The van der Waals surface area contributed by atoms with Crippen LogP contribution < -0.4 is 9.47 Å². The first-order chi connectivity index (χ1) is 8.63. The van der Waals surface area contributed by atoms with E-state index in [-0.39, 0.29) is 0 Å². The third kappa shape index (κ3) is 2.01. The van der Waals surface area contributed by atoms with Crippen LogP contribution in [0.25, 0.3) is 0 Å². The van der Waals surface area contributed by atoms with E-state index in [1.165, 1.54) is 0 Å². The molecule has 2 aliphatic rings. The molecule has 1 aliphatic carbocycles. The molecule has 1 saturated carbocycles. The molecule has 0 unspecified atom stereocenters. The third-order valence-electron chi connectivity index (χ3n) is 3.35. The number of carbonyl (C=O) groups excluding carboxylic acids is 1. The summed E-state index contributed by atoms with van der Waals surface area (Å²) in [6, 6.07) is 1.72. The van der Waals surface area contributed by atoms with Gasteiger partial charge in [0.2, 0.25) is 0 Å². The fraction of sp³-hybridized carbons (Fsp3) is 0.462. The average Bonchev–Trinajstić information content (AvgIpc) is 3.10. The van der Waals surface area contributed by atoms with Crippen molar-refractivity contribution >= 4 is 22.2 Å². The number of benzene rings is 1. The number of fused-ring (bicyclic) bond motifs is 1. The molecule has 0 atom stereocenters. The van der Waals surface area contributed by atoms with Crippen LogP contribution in [0.2, 0.25) is 0 Å². The average molecular weight is 313 g/mol. The first-order valence-electron chi connectivity index (χ1n) is 5.91. The predicted molar refractivity (Wildman–Crippen MR) is 68.4 cm³/mol. The summed E-state index contributed by atoms with van der Waals surface area (Å²) in [4.78, 5) is 11.0. The zero-order chi connectivity index (χ0) is 12.8. The molecule has 5 heteroatoms. The molecule has 18 heavy (non-hydrogen) atoms. The standard InChI is InChI=1S/C13H13BrO4/c14-10-5-8(7-15)11-12(18-4-3-17-11)9(10)6-13(16)1-2-13/h5,7,16H,1-4,6H2. The van der Waals surface area contributed by atoms with Gasteiger partial charge in [0, 0.05) is 16.5 Å². The van der Waals surface area contributed by atoms with Gasteiger partial charge in [-0.05, 0) is 18.9 Å². The highest BCUT2D eigenvalue weighted by Crippen LogP contribution is 2.46. The Morgan fingerprint density at radius 3 is 2.61 bits per heavy atom. The van der Waals surface area contributed by atoms with Gasteiger partial charge in [-0.1, -0.05) is 15.9 Å². The molecule has 0 radical (unpaired) electrons. The van der Waals surface area contributed by atoms with Gasteiger partial charge in [0.15, 0.2) is 17.8 Å². The Morgan fingerprint density at radius 1 is 1.33 bits per heavy atom. The summed E-state index contributed by atoms with van der Waals surface area (Å²) in [7, 11) is 0. The number of rotatable bonds is 3. The second-order valence-electron chi connectivity index (χ2n) is 4.80. The van der Waals surface area contributed by atoms with E-state index in [4.69, 9.17) is 9.47 Å². The second-order valence-corrected chi connectivity index (χ2v) is 5.65. The van der Waals surface area contributed by atoms with Crippen LogP contribution >= 0.6 is 15.9 Å². The first-order valence-corrected chi connectivity index (χ1v) is 6.71. The Morgan fingerprint density at radius 2 is 2.00 bits per heavy atom. The minimum absolute atomic E-state index is 0.444. The van der Waals surface area contributed by atoms with Crippen LogP contribution in [0.5, 0.6) is 11.5 Å². The van der Waals surface area contributed by atoms with Crippen molar-refractivity contribution in [2.75, 3.05) is 13.2 Å². The first kappa shape index (κ1) is 12.0. The largest absolute Gasteiger partial charge is 0.486 e. The highest BCUT2D eigenvalue weighted by atomic mass is 79.9. The van der Waals surface area contributed by atoms with E-state index in [2.05, 4.69) is 15.9 Å². The Balaban J connectivity index is 2.09. The minimum Gasteiger partial charge on any atom is -0.486 e. The monoisotopic (exact) mass is 312 g/mol. The summed E-state index contributed by atoms with van der Waals surface area (Å²) < 4.78 is 11.9. The number of aliphatic hydroxyl groups is 1. The van der Waals surface area contributed by atoms with Gasteiger partial charge in [0.25, 0.3) is 0 Å². The molecule has 0 aromatic heterocycles. The van der Waals surface area contributed by atoms with Crippen LogP contribution in [-0.2, 0) is 6.42 Å². The van der Waals surface area contributed by atoms with Gasteiger partial charge in [-0.25, -0.2) is 0 Å². The lowest BCUT2D eigenvalue weighted by atomic mass is 10.0. The maximum Gasteiger partial charge on any atom is 0.172 e.